The first-order valence-electron chi connectivity index (χ1n) is 5.71. The van der Waals surface area contributed by atoms with E-state index in [-0.39, 0.29) is 23.5 Å². The van der Waals surface area contributed by atoms with Crippen molar-refractivity contribution in [2.45, 2.75) is 13.0 Å². The van der Waals surface area contributed by atoms with Crippen molar-refractivity contribution in [2.24, 2.45) is 0 Å². The standard InChI is InChI=1S/C13H13BrN4O/c1-8(9-4-2-3-5-10(9)14)18-13(19)11-12(15)17-7-6-16-11/h2-8H,1H3,(H2,15,17)(H,18,19). The Labute approximate surface area is 119 Å². The zero-order valence-corrected chi connectivity index (χ0v) is 11.9. The van der Waals surface area contributed by atoms with Crippen LogP contribution in [0.15, 0.2) is 41.1 Å². The lowest BCUT2D eigenvalue weighted by Crippen LogP contribution is -2.28. The molecule has 3 N–H and O–H groups in total. The van der Waals surface area contributed by atoms with E-state index < -0.39 is 0 Å². The van der Waals surface area contributed by atoms with Gasteiger partial charge in [-0.25, -0.2) is 9.97 Å². The summed E-state index contributed by atoms with van der Waals surface area (Å²) in [5.74, 6) is -0.215. The van der Waals surface area contributed by atoms with Gasteiger partial charge in [-0.2, -0.15) is 0 Å². The van der Waals surface area contributed by atoms with Gasteiger partial charge in [0.1, 0.15) is 0 Å². The monoisotopic (exact) mass is 320 g/mol. The van der Waals surface area contributed by atoms with Crippen molar-refractivity contribution in [3.05, 3.63) is 52.4 Å². The Hall–Kier alpha value is -1.95. The van der Waals surface area contributed by atoms with E-state index in [1.54, 1.807) is 0 Å². The molecule has 0 saturated carbocycles. The fraction of sp³-hybridized carbons (Fsp3) is 0.154. The largest absolute Gasteiger partial charge is 0.382 e. The van der Waals surface area contributed by atoms with Crippen LogP contribution < -0.4 is 11.1 Å². The van der Waals surface area contributed by atoms with Crippen molar-refractivity contribution in [3.8, 4) is 0 Å². The van der Waals surface area contributed by atoms with Crippen LogP contribution in [0.5, 0.6) is 0 Å². The molecule has 1 aromatic heterocycles. The van der Waals surface area contributed by atoms with Crippen molar-refractivity contribution < 1.29 is 4.79 Å². The summed E-state index contributed by atoms with van der Waals surface area (Å²) in [6, 6.07) is 7.54. The molecule has 1 amide bonds. The molecular formula is C13H13BrN4O. The lowest BCUT2D eigenvalue weighted by molar-refractivity contribution is 0.0935. The Balaban J connectivity index is 2.16. The van der Waals surface area contributed by atoms with Crippen LogP contribution in [0.3, 0.4) is 0 Å². The number of benzene rings is 1. The molecule has 0 radical (unpaired) electrons. The SMILES string of the molecule is CC(NC(=O)c1nccnc1N)c1ccccc1Br. The summed E-state index contributed by atoms with van der Waals surface area (Å²) in [5.41, 5.74) is 6.75. The number of rotatable bonds is 3. The lowest BCUT2D eigenvalue weighted by Gasteiger charge is -2.15. The fourth-order valence-corrected chi connectivity index (χ4v) is 2.32. The third-order valence-corrected chi connectivity index (χ3v) is 3.38. The second-order valence-corrected chi connectivity index (χ2v) is 4.86. The smallest absolute Gasteiger partial charge is 0.274 e. The van der Waals surface area contributed by atoms with Crippen LogP contribution in [0.1, 0.15) is 29.0 Å². The maximum Gasteiger partial charge on any atom is 0.274 e. The van der Waals surface area contributed by atoms with Gasteiger partial charge in [0, 0.05) is 16.9 Å². The number of nitrogen functional groups attached to an aromatic ring is 1. The number of nitrogens with zero attached hydrogens (tertiary/aromatic N) is 2. The second kappa shape index (κ2) is 5.79. The number of hydrogen-bond donors (Lipinski definition) is 2. The van der Waals surface area contributed by atoms with Crippen molar-refractivity contribution >= 4 is 27.7 Å². The van der Waals surface area contributed by atoms with Crippen LogP contribution in [-0.2, 0) is 0 Å². The molecule has 98 valence electrons. The van der Waals surface area contributed by atoms with Gasteiger partial charge in [0.15, 0.2) is 11.5 Å². The molecule has 0 aliphatic heterocycles. The van der Waals surface area contributed by atoms with Crippen LogP contribution in [0.4, 0.5) is 5.82 Å². The number of carbonyl (C=O) groups is 1. The van der Waals surface area contributed by atoms with E-state index in [1.165, 1.54) is 12.4 Å². The van der Waals surface area contributed by atoms with Crippen LogP contribution in [-0.4, -0.2) is 15.9 Å². The summed E-state index contributed by atoms with van der Waals surface area (Å²) in [6.07, 6.45) is 2.89. The molecule has 2 aromatic rings. The van der Waals surface area contributed by atoms with Gasteiger partial charge < -0.3 is 11.1 Å². The summed E-state index contributed by atoms with van der Waals surface area (Å²) in [4.78, 5) is 19.8. The quantitative estimate of drug-likeness (QED) is 0.909. The molecule has 0 saturated heterocycles. The number of nitrogens with two attached hydrogens (primary N) is 1. The summed E-state index contributed by atoms with van der Waals surface area (Å²) in [6.45, 7) is 1.89. The molecule has 2 rings (SSSR count). The molecule has 1 aromatic carbocycles. The average Bonchev–Trinajstić information content (AvgIpc) is 2.39. The van der Waals surface area contributed by atoms with Gasteiger partial charge >= 0.3 is 0 Å². The molecule has 1 unspecified atom stereocenters. The highest BCUT2D eigenvalue weighted by Crippen LogP contribution is 2.23. The van der Waals surface area contributed by atoms with E-state index in [0.29, 0.717) is 0 Å². The van der Waals surface area contributed by atoms with Gasteiger partial charge in [-0.1, -0.05) is 34.1 Å². The molecule has 0 bridgehead atoms. The van der Waals surface area contributed by atoms with Gasteiger partial charge in [0.25, 0.3) is 5.91 Å². The molecular weight excluding hydrogens is 308 g/mol. The van der Waals surface area contributed by atoms with Gasteiger partial charge in [-0.15, -0.1) is 0 Å². The normalized spacial score (nSPS) is 11.9. The molecule has 0 spiro atoms. The van der Waals surface area contributed by atoms with E-state index in [1.807, 2.05) is 31.2 Å². The summed E-state index contributed by atoms with van der Waals surface area (Å²) < 4.78 is 0.940. The van der Waals surface area contributed by atoms with Crippen molar-refractivity contribution in [1.29, 1.82) is 0 Å². The Bertz CT molecular complexity index is 603. The highest BCUT2D eigenvalue weighted by molar-refractivity contribution is 9.10. The van der Waals surface area contributed by atoms with Crippen LogP contribution >= 0.6 is 15.9 Å². The molecule has 5 nitrogen and oxygen atoms in total. The second-order valence-electron chi connectivity index (χ2n) is 4.01. The highest BCUT2D eigenvalue weighted by Gasteiger charge is 2.16. The lowest BCUT2D eigenvalue weighted by atomic mass is 10.1. The molecule has 19 heavy (non-hydrogen) atoms. The summed E-state index contributed by atoms with van der Waals surface area (Å²) in [5, 5.41) is 2.84. The van der Waals surface area contributed by atoms with E-state index in [4.69, 9.17) is 5.73 Å². The Kier molecular flexibility index (Phi) is 4.11. The molecule has 0 aliphatic carbocycles. The highest BCUT2D eigenvalue weighted by atomic mass is 79.9. The van der Waals surface area contributed by atoms with Crippen LogP contribution in [0.25, 0.3) is 0 Å². The Morgan fingerprint density at radius 2 is 2.00 bits per heavy atom. The van der Waals surface area contributed by atoms with Crippen LogP contribution in [0, 0.1) is 0 Å². The topological polar surface area (TPSA) is 80.9 Å². The minimum atomic E-state index is -0.339. The van der Waals surface area contributed by atoms with E-state index in [9.17, 15) is 4.79 Å². The number of carbonyl (C=O) groups excluding carboxylic acids is 1. The van der Waals surface area contributed by atoms with Gasteiger partial charge in [0.05, 0.1) is 6.04 Å². The number of nitrogens with one attached hydrogen (secondary N) is 1. The number of hydrogen-bond acceptors (Lipinski definition) is 4. The Morgan fingerprint density at radius 1 is 1.32 bits per heavy atom. The van der Waals surface area contributed by atoms with Gasteiger partial charge in [-0.3, -0.25) is 4.79 Å². The third kappa shape index (κ3) is 3.08. The number of aromatic nitrogens is 2. The predicted molar refractivity (Wildman–Crippen MR) is 76.5 cm³/mol. The van der Waals surface area contributed by atoms with E-state index in [2.05, 4.69) is 31.2 Å². The number of amides is 1. The zero-order valence-electron chi connectivity index (χ0n) is 10.3. The Morgan fingerprint density at radius 3 is 2.68 bits per heavy atom. The fourth-order valence-electron chi connectivity index (χ4n) is 1.69. The molecule has 6 heteroatoms. The zero-order chi connectivity index (χ0) is 13.8. The van der Waals surface area contributed by atoms with E-state index >= 15 is 0 Å². The number of anilines is 1. The summed E-state index contributed by atoms with van der Waals surface area (Å²) in [7, 11) is 0. The predicted octanol–water partition coefficient (Wildman–Crippen LogP) is 2.31. The molecule has 0 aliphatic rings. The van der Waals surface area contributed by atoms with Gasteiger partial charge in [-0.05, 0) is 18.6 Å². The molecule has 1 atom stereocenters. The van der Waals surface area contributed by atoms with Crippen molar-refractivity contribution in [3.63, 3.8) is 0 Å². The first-order valence-corrected chi connectivity index (χ1v) is 6.50. The van der Waals surface area contributed by atoms with E-state index in [0.717, 1.165) is 10.0 Å². The first kappa shape index (κ1) is 13.5. The summed E-state index contributed by atoms with van der Waals surface area (Å²) >= 11 is 3.45. The maximum absolute atomic E-state index is 12.1. The van der Waals surface area contributed by atoms with Crippen molar-refractivity contribution in [1.82, 2.24) is 15.3 Å². The average molecular weight is 321 g/mol. The van der Waals surface area contributed by atoms with Crippen molar-refractivity contribution in [2.75, 3.05) is 5.73 Å². The van der Waals surface area contributed by atoms with Gasteiger partial charge in [0.2, 0.25) is 0 Å². The third-order valence-electron chi connectivity index (χ3n) is 2.66. The van der Waals surface area contributed by atoms with Crippen LogP contribution in [0.2, 0.25) is 0 Å². The minimum absolute atomic E-state index is 0.124. The molecule has 1 heterocycles. The molecule has 0 fully saturated rings. The minimum Gasteiger partial charge on any atom is -0.382 e. The first-order chi connectivity index (χ1) is 9.09. The number of halogens is 1. The maximum atomic E-state index is 12.1.